The topological polar surface area (TPSA) is 49.7 Å². The van der Waals surface area contributed by atoms with Crippen molar-refractivity contribution in [3.05, 3.63) is 0 Å². The van der Waals surface area contributed by atoms with E-state index >= 15 is 0 Å². The molecular formula is C10H20O3. The zero-order valence-electron chi connectivity index (χ0n) is 8.82. The Morgan fingerprint density at radius 2 is 1.69 bits per heavy atom. The Kier molecular flexibility index (Phi) is 3.00. The second-order valence-electron chi connectivity index (χ2n) is 4.85. The molecule has 1 aliphatic rings. The summed E-state index contributed by atoms with van der Waals surface area (Å²) in [7, 11) is 0. The largest absolute Gasteiger partial charge is 0.388 e. The molecule has 1 aliphatic heterocycles. The standard InChI is InChI=1S/C10H20O3/c1-5-6-7(11)8(12)9(13-6)10(2,3)4/h6-9,11-12H,5H2,1-4H3/t6-,7+,8?,9-/m0/s1. The van der Waals surface area contributed by atoms with Crippen LogP contribution in [0.25, 0.3) is 0 Å². The molecule has 0 saturated carbocycles. The van der Waals surface area contributed by atoms with Gasteiger partial charge in [0.1, 0.15) is 12.2 Å². The highest BCUT2D eigenvalue weighted by Gasteiger charge is 2.46. The van der Waals surface area contributed by atoms with E-state index in [1.807, 2.05) is 27.7 Å². The lowest BCUT2D eigenvalue weighted by molar-refractivity contribution is -0.0521. The van der Waals surface area contributed by atoms with Crippen LogP contribution in [-0.2, 0) is 4.74 Å². The Morgan fingerprint density at radius 3 is 1.92 bits per heavy atom. The van der Waals surface area contributed by atoms with Crippen LogP contribution in [0, 0.1) is 5.41 Å². The van der Waals surface area contributed by atoms with Crippen molar-refractivity contribution < 1.29 is 14.9 Å². The molecule has 1 rings (SSSR count). The van der Waals surface area contributed by atoms with Gasteiger partial charge in [-0.1, -0.05) is 27.7 Å². The van der Waals surface area contributed by atoms with Gasteiger partial charge in [-0.2, -0.15) is 0 Å². The summed E-state index contributed by atoms with van der Waals surface area (Å²) in [4.78, 5) is 0. The molecule has 0 aromatic heterocycles. The molecule has 1 unspecified atom stereocenters. The molecule has 3 nitrogen and oxygen atoms in total. The highest BCUT2D eigenvalue weighted by Crippen LogP contribution is 2.34. The maximum Gasteiger partial charge on any atom is 0.109 e. The zero-order valence-corrected chi connectivity index (χ0v) is 8.82. The number of aliphatic hydroxyl groups is 2. The lowest BCUT2D eigenvalue weighted by Crippen LogP contribution is -2.39. The van der Waals surface area contributed by atoms with Gasteiger partial charge in [0, 0.05) is 0 Å². The third kappa shape index (κ3) is 2.03. The van der Waals surface area contributed by atoms with E-state index < -0.39 is 12.2 Å². The Morgan fingerprint density at radius 1 is 1.15 bits per heavy atom. The molecule has 3 heteroatoms. The molecule has 4 atom stereocenters. The van der Waals surface area contributed by atoms with Gasteiger partial charge in [0.25, 0.3) is 0 Å². The number of hydrogen-bond acceptors (Lipinski definition) is 3. The van der Waals surface area contributed by atoms with Crippen molar-refractivity contribution in [3.63, 3.8) is 0 Å². The Hall–Kier alpha value is -0.120. The van der Waals surface area contributed by atoms with Crippen molar-refractivity contribution in [2.75, 3.05) is 0 Å². The van der Waals surface area contributed by atoms with Crippen molar-refractivity contribution in [2.24, 2.45) is 5.41 Å². The predicted molar refractivity (Wildman–Crippen MR) is 50.4 cm³/mol. The van der Waals surface area contributed by atoms with E-state index in [0.29, 0.717) is 0 Å². The number of hydrogen-bond donors (Lipinski definition) is 2. The molecule has 2 N–H and O–H groups in total. The second kappa shape index (κ2) is 3.56. The van der Waals surface area contributed by atoms with E-state index in [1.54, 1.807) is 0 Å². The van der Waals surface area contributed by atoms with Crippen molar-refractivity contribution in [1.82, 2.24) is 0 Å². The van der Waals surface area contributed by atoms with Crippen molar-refractivity contribution >= 4 is 0 Å². The fourth-order valence-electron chi connectivity index (χ4n) is 1.80. The average Bonchev–Trinajstić information content (AvgIpc) is 2.28. The van der Waals surface area contributed by atoms with Gasteiger partial charge >= 0.3 is 0 Å². The first-order valence-electron chi connectivity index (χ1n) is 4.89. The summed E-state index contributed by atoms with van der Waals surface area (Å²) >= 11 is 0. The monoisotopic (exact) mass is 188 g/mol. The Bertz CT molecular complexity index is 173. The van der Waals surface area contributed by atoms with E-state index in [0.717, 1.165) is 6.42 Å². The van der Waals surface area contributed by atoms with Crippen LogP contribution in [-0.4, -0.2) is 34.6 Å². The van der Waals surface area contributed by atoms with Crippen LogP contribution in [0.5, 0.6) is 0 Å². The number of rotatable bonds is 1. The van der Waals surface area contributed by atoms with E-state index in [-0.39, 0.29) is 17.6 Å². The quantitative estimate of drug-likeness (QED) is 0.643. The van der Waals surface area contributed by atoms with Gasteiger partial charge in [-0.05, 0) is 11.8 Å². The molecule has 0 aliphatic carbocycles. The molecule has 13 heavy (non-hydrogen) atoms. The fourth-order valence-corrected chi connectivity index (χ4v) is 1.80. The first-order chi connectivity index (χ1) is 5.88. The third-order valence-electron chi connectivity index (χ3n) is 2.62. The minimum Gasteiger partial charge on any atom is -0.388 e. The average molecular weight is 188 g/mol. The Labute approximate surface area is 79.7 Å². The number of ether oxygens (including phenoxy) is 1. The van der Waals surface area contributed by atoms with Gasteiger partial charge in [0.05, 0.1) is 12.2 Å². The SMILES string of the molecule is CC[C@@H]1O[C@H](C(C)(C)C)C(O)[C@@H]1O. The van der Waals surface area contributed by atoms with Crippen molar-refractivity contribution in [2.45, 2.75) is 58.5 Å². The molecule has 0 spiro atoms. The third-order valence-corrected chi connectivity index (χ3v) is 2.62. The summed E-state index contributed by atoms with van der Waals surface area (Å²) in [5.41, 5.74) is -0.121. The first kappa shape index (κ1) is 11.0. The molecule has 78 valence electrons. The molecule has 1 heterocycles. The first-order valence-corrected chi connectivity index (χ1v) is 4.89. The van der Waals surface area contributed by atoms with Crippen LogP contribution in [0.4, 0.5) is 0 Å². The molecule has 1 saturated heterocycles. The molecule has 0 aromatic carbocycles. The lowest BCUT2D eigenvalue weighted by atomic mass is 9.85. The smallest absolute Gasteiger partial charge is 0.109 e. The minimum absolute atomic E-state index is 0.121. The van der Waals surface area contributed by atoms with E-state index in [9.17, 15) is 10.2 Å². The van der Waals surface area contributed by atoms with E-state index in [2.05, 4.69) is 0 Å². The number of aliphatic hydroxyl groups excluding tert-OH is 2. The summed E-state index contributed by atoms with van der Waals surface area (Å²) in [6.45, 7) is 7.97. The normalized spacial score (nSPS) is 41.1. The van der Waals surface area contributed by atoms with Crippen LogP contribution < -0.4 is 0 Å². The summed E-state index contributed by atoms with van der Waals surface area (Å²) in [5, 5.41) is 19.3. The fraction of sp³-hybridized carbons (Fsp3) is 1.00. The van der Waals surface area contributed by atoms with Crippen molar-refractivity contribution in [1.29, 1.82) is 0 Å². The summed E-state index contributed by atoms with van der Waals surface area (Å²) in [6, 6.07) is 0. The van der Waals surface area contributed by atoms with E-state index in [1.165, 1.54) is 0 Å². The van der Waals surface area contributed by atoms with Crippen LogP contribution in [0.3, 0.4) is 0 Å². The summed E-state index contributed by atoms with van der Waals surface area (Å²) in [5.74, 6) is 0. The summed E-state index contributed by atoms with van der Waals surface area (Å²) < 4.78 is 5.60. The maximum atomic E-state index is 9.72. The lowest BCUT2D eigenvalue weighted by Gasteiger charge is -2.28. The second-order valence-corrected chi connectivity index (χ2v) is 4.85. The van der Waals surface area contributed by atoms with Crippen LogP contribution in [0.1, 0.15) is 34.1 Å². The molecule has 0 aromatic rings. The van der Waals surface area contributed by atoms with Gasteiger partial charge in [0.2, 0.25) is 0 Å². The highest BCUT2D eigenvalue weighted by molar-refractivity contribution is 4.95. The molecule has 0 radical (unpaired) electrons. The molecule has 0 amide bonds. The van der Waals surface area contributed by atoms with Crippen LogP contribution >= 0.6 is 0 Å². The Balaban J connectivity index is 2.71. The molecular weight excluding hydrogens is 168 g/mol. The summed E-state index contributed by atoms with van der Waals surface area (Å²) in [6.07, 6.45) is -1.20. The van der Waals surface area contributed by atoms with Gasteiger partial charge < -0.3 is 14.9 Å². The van der Waals surface area contributed by atoms with Gasteiger partial charge in [-0.25, -0.2) is 0 Å². The van der Waals surface area contributed by atoms with E-state index in [4.69, 9.17) is 4.74 Å². The van der Waals surface area contributed by atoms with Crippen molar-refractivity contribution in [3.8, 4) is 0 Å². The van der Waals surface area contributed by atoms with Crippen LogP contribution in [0.15, 0.2) is 0 Å². The maximum absolute atomic E-state index is 9.72. The van der Waals surface area contributed by atoms with Gasteiger partial charge in [-0.3, -0.25) is 0 Å². The predicted octanol–water partition coefficient (Wildman–Crippen LogP) is 0.932. The van der Waals surface area contributed by atoms with Crippen LogP contribution in [0.2, 0.25) is 0 Å². The highest BCUT2D eigenvalue weighted by atomic mass is 16.5. The molecule has 1 fully saturated rings. The zero-order chi connectivity index (χ0) is 10.2. The molecule has 0 bridgehead atoms. The minimum atomic E-state index is -0.745. The van der Waals surface area contributed by atoms with Gasteiger partial charge in [0.15, 0.2) is 0 Å². The van der Waals surface area contributed by atoms with Gasteiger partial charge in [-0.15, -0.1) is 0 Å².